The Morgan fingerprint density at radius 1 is 0.579 bits per heavy atom. The molecule has 38 heavy (non-hydrogen) atoms. The van der Waals surface area contributed by atoms with Crippen LogP contribution in [0.2, 0.25) is 0 Å². The van der Waals surface area contributed by atoms with Gasteiger partial charge in [0.05, 0.1) is 0 Å². The first-order valence-electron chi connectivity index (χ1n) is 14.1. The third-order valence-corrected chi connectivity index (χ3v) is 13.7. The van der Waals surface area contributed by atoms with Crippen molar-refractivity contribution in [3.8, 4) is 0 Å². The molecule has 0 unspecified atom stereocenters. The number of rotatable bonds is 5. The molecule has 0 N–H and O–H groups in total. The van der Waals surface area contributed by atoms with Gasteiger partial charge in [-0.15, -0.1) is 0 Å². The Balaban J connectivity index is 1.92. The second-order valence-electron chi connectivity index (χ2n) is 13.7. The minimum absolute atomic E-state index is 0.151. The van der Waals surface area contributed by atoms with Gasteiger partial charge in [0.25, 0.3) is 0 Å². The van der Waals surface area contributed by atoms with Crippen LogP contribution >= 0.6 is 0 Å². The summed E-state index contributed by atoms with van der Waals surface area (Å²) in [5.74, 6) is 0. The van der Waals surface area contributed by atoms with Crippen molar-refractivity contribution in [3.63, 3.8) is 0 Å². The van der Waals surface area contributed by atoms with E-state index in [4.69, 9.17) is 0 Å². The Morgan fingerprint density at radius 2 is 1.00 bits per heavy atom. The zero-order valence-corrected chi connectivity index (χ0v) is 28.3. The third-order valence-electron chi connectivity index (χ3n) is 7.77. The molecule has 0 nitrogen and oxygen atoms in total. The molecule has 0 heterocycles. The van der Waals surface area contributed by atoms with Gasteiger partial charge in [-0.05, 0) is 0 Å². The first-order valence-corrected chi connectivity index (χ1v) is 17.4. The average Bonchev–Trinajstić information content (AvgIpc) is 3.11. The van der Waals surface area contributed by atoms with Crippen molar-refractivity contribution >= 4 is 23.0 Å². The summed E-state index contributed by atoms with van der Waals surface area (Å²) in [5, 5.41) is 4.86. The number of allylic oxidation sites excluding steroid dienone is 4. The standard InChI is InChI=1S/C22H25Si.C14H21.Ti/c1-15-9-16(2)12-20(11-15)23(22-8-6-7-19(22)5)21-13-17(3)10-18(4)14-21;1-13(2,3)11-8-7-9-12(10-11)14(4,5)6;/h7,9-14,23H,6H2,1-5H3;8-10H,1-6H3;. The summed E-state index contributed by atoms with van der Waals surface area (Å²) >= 11 is -0.438. The van der Waals surface area contributed by atoms with Crippen LogP contribution in [0.4, 0.5) is 0 Å². The van der Waals surface area contributed by atoms with Crippen LogP contribution in [0.25, 0.3) is 0 Å². The Hall–Kier alpha value is -1.93. The van der Waals surface area contributed by atoms with Crippen molar-refractivity contribution < 1.29 is 19.2 Å². The second kappa shape index (κ2) is 10.9. The van der Waals surface area contributed by atoms with E-state index >= 15 is 0 Å². The molecule has 3 aromatic carbocycles. The summed E-state index contributed by atoms with van der Waals surface area (Å²) in [6.07, 6.45) is 3.66. The third kappa shape index (κ3) is 6.61. The topological polar surface area (TPSA) is 0 Å². The molecule has 0 fully saturated rings. The normalized spacial score (nSPS) is 14.4. The molecule has 1 aliphatic carbocycles. The maximum absolute atomic E-state index is 2.54. The fraction of sp³-hybridized carbons (Fsp3) is 0.389. The molecule has 4 rings (SSSR count). The van der Waals surface area contributed by atoms with Crippen LogP contribution in [0.3, 0.4) is 0 Å². The molecule has 0 atom stereocenters. The average molecular weight is 555 g/mol. The quantitative estimate of drug-likeness (QED) is 0.288. The predicted molar refractivity (Wildman–Crippen MR) is 167 cm³/mol. The van der Waals surface area contributed by atoms with E-state index in [1.165, 1.54) is 39.0 Å². The van der Waals surface area contributed by atoms with Gasteiger partial charge in [0.15, 0.2) is 0 Å². The van der Waals surface area contributed by atoms with Crippen molar-refractivity contribution in [1.29, 1.82) is 0 Å². The molecule has 1 aliphatic rings. The molecule has 0 radical (unpaired) electrons. The Bertz CT molecular complexity index is 1300. The molecule has 3 aromatic rings. The summed E-state index contributed by atoms with van der Waals surface area (Å²) in [7, 11) is -1.62. The first kappa shape index (κ1) is 29.1. The summed E-state index contributed by atoms with van der Waals surface area (Å²) in [6.45, 7) is 25.5. The molecule has 198 valence electrons. The van der Waals surface area contributed by atoms with Gasteiger partial charge in [-0.3, -0.25) is 0 Å². The molecule has 0 aromatic heterocycles. The van der Waals surface area contributed by atoms with Gasteiger partial charge in [-0.2, -0.15) is 0 Å². The van der Waals surface area contributed by atoms with Crippen LogP contribution in [0.5, 0.6) is 0 Å². The molecule has 0 spiro atoms. The van der Waals surface area contributed by atoms with Crippen LogP contribution in [0.1, 0.15) is 88.3 Å². The van der Waals surface area contributed by atoms with Gasteiger partial charge in [0, 0.05) is 0 Å². The van der Waals surface area contributed by atoms with Crippen LogP contribution < -0.4 is 14.2 Å². The van der Waals surface area contributed by atoms with E-state index in [2.05, 4.69) is 137 Å². The SMILES string of the molecule is CC1=CC[C]([Ti][c]2cc(C(C)(C)C)cc(C(C)(C)C)c2)=C1[SiH](c1cc(C)cc(C)c1)c1cc(C)cc(C)c1. The second-order valence-corrected chi connectivity index (χ2v) is 18.7. The number of benzene rings is 3. The van der Waals surface area contributed by atoms with Crippen molar-refractivity contribution in [1.82, 2.24) is 0 Å². The predicted octanol–water partition coefficient (Wildman–Crippen LogP) is 7.41. The number of hydrogen-bond donors (Lipinski definition) is 0. The van der Waals surface area contributed by atoms with E-state index in [0.29, 0.717) is 0 Å². The summed E-state index contributed by atoms with van der Waals surface area (Å²) < 4.78 is 3.34. The summed E-state index contributed by atoms with van der Waals surface area (Å²) in [4.78, 5) is 0. The van der Waals surface area contributed by atoms with Gasteiger partial charge < -0.3 is 0 Å². The molecule has 0 bridgehead atoms. The summed E-state index contributed by atoms with van der Waals surface area (Å²) in [6, 6.07) is 22.1. The maximum atomic E-state index is 2.54. The van der Waals surface area contributed by atoms with E-state index in [1.807, 2.05) is 0 Å². The van der Waals surface area contributed by atoms with Crippen molar-refractivity contribution in [2.45, 2.75) is 93.4 Å². The molecule has 0 amide bonds. The van der Waals surface area contributed by atoms with E-state index in [-0.39, 0.29) is 10.8 Å². The van der Waals surface area contributed by atoms with Crippen LogP contribution in [0.15, 0.2) is 75.3 Å². The van der Waals surface area contributed by atoms with E-state index in [9.17, 15) is 0 Å². The van der Waals surface area contributed by atoms with Crippen molar-refractivity contribution in [2.24, 2.45) is 0 Å². The van der Waals surface area contributed by atoms with Crippen LogP contribution in [-0.2, 0) is 30.0 Å². The van der Waals surface area contributed by atoms with E-state index in [0.717, 1.165) is 6.42 Å². The van der Waals surface area contributed by atoms with Crippen molar-refractivity contribution in [3.05, 3.63) is 109 Å². The monoisotopic (exact) mass is 554 g/mol. The Kier molecular flexibility index (Phi) is 8.35. The number of aryl methyl sites for hydroxylation is 4. The van der Waals surface area contributed by atoms with Gasteiger partial charge in [0.2, 0.25) is 0 Å². The van der Waals surface area contributed by atoms with E-state index < -0.39 is 27.9 Å². The van der Waals surface area contributed by atoms with Gasteiger partial charge in [-0.1, -0.05) is 0 Å². The fourth-order valence-electron chi connectivity index (χ4n) is 5.85. The zero-order valence-electron chi connectivity index (χ0n) is 25.6. The molecular formula is C36H46SiTi. The Morgan fingerprint density at radius 3 is 1.39 bits per heavy atom. The van der Waals surface area contributed by atoms with E-state index in [1.54, 1.807) is 23.3 Å². The summed E-state index contributed by atoms with van der Waals surface area (Å²) in [5.41, 5.74) is 10.3. The van der Waals surface area contributed by atoms with Crippen molar-refractivity contribution in [2.75, 3.05) is 0 Å². The minimum atomic E-state index is -1.62. The fourth-order valence-corrected chi connectivity index (χ4v) is 12.7. The molecule has 0 aliphatic heterocycles. The van der Waals surface area contributed by atoms with Gasteiger partial charge in [-0.25, -0.2) is 0 Å². The number of hydrogen-bond acceptors (Lipinski definition) is 0. The van der Waals surface area contributed by atoms with Crippen LogP contribution in [-0.4, -0.2) is 8.80 Å². The first-order chi connectivity index (χ1) is 17.6. The molecule has 0 saturated heterocycles. The van der Waals surface area contributed by atoms with Gasteiger partial charge in [0.1, 0.15) is 0 Å². The zero-order chi connectivity index (χ0) is 28.0. The van der Waals surface area contributed by atoms with Gasteiger partial charge >= 0.3 is 244 Å². The van der Waals surface area contributed by atoms with Crippen LogP contribution in [0, 0.1) is 27.7 Å². The molecular weight excluding hydrogens is 508 g/mol. The molecule has 0 saturated carbocycles. The molecule has 2 heteroatoms. The Labute approximate surface area is 243 Å².